The van der Waals surface area contributed by atoms with E-state index >= 15 is 0 Å². The number of oxazole rings is 1. The minimum atomic E-state index is -0.465. The Morgan fingerprint density at radius 3 is 2.69 bits per heavy atom. The highest BCUT2D eigenvalue weighted by molar-refractivity contribution is 6.03. The molecule has 146 valence electrons. The number of amides is 1. The molecule has 0 bridgehead atoms. The van der Waals surface area contributed by atoms with Gasteiger partial charge in [0.1, 0.15) is 5.82 Å². The van der Waals surface area contributed by atoms with Crippen molar-refractivity contribution in [2.75, 3.05) is 5.32 Å². The van der Waals surface area contributed by atoms with E-state index in [1.165, 1.54) is 22.8 Å². The maximum Gasteiger partial charge on any atom is 0.419 e. The van der Waals surface area contributed by atoms with Gasteiger partial charge in [-0.1, -0.05) is 0 Å². The maximum atomic E-state index is 13.2. The van der Waals surface area contributed by atoms with Crippen LogP contribution in [-0.4, -0.2) is 20.3 Å². The molecule has 8 heteroatoms. The van der Waals surface area contributed by atoms with Gasteiger partial charge in [0.2, 0.25) is 5.91 Å². The van der Waals surface area contributed by atoms with Crippen LogP contribution in [0, 0.1) is 5.82 Å². The van der Waals surface area contributed by atoms with Crippen molar-refractivity contribution in [3.8, 4) is 11.3 Å². The summed E-state index contributed by atoms with van der Waals surface area (Å²) in [5.41, 5.74) is 3.82. The molecule has 0 atom stereocenters. The lowest BCUT2D eigenvalue weighted by Gasteiger charge is -2.04. The van der Waals surface area contributed by atoms with Gasteiger partial charge >= 0.3 is 5.76 Å². The SMILES string of the molecule is Cn1ncc(C=CC(=O)Nc2ccc3c(c2)oc(=O)n3C)c1-c1ccc(F)cc1. The fourth-order valence-electron chi connectivity index (χ4n) is 3.10. The van der Waals surface area contributed by atoms with Gasteiger partial charge in [0.25, 0.3) is 0 Å². The lowest BCUT2D eigenvalue weighted by atomic mass is 10.1. The third-order valence-corrected chi connectivity index (χ3v) is 4.56. The molecule has 7 nitrogen and oxygen atoms in total. The molecule has 0 aliphatic rings. The summed E-state index contributed by atoms with van der Waals surface area (Å²) in [4.78, 5) is 23.9. The van der Waals surface area contributed by atoms with Gasteiger partial charge < -0.3 is 9.73 Å². The molecule has 2 aromatic heterocycles. The van der Waals surface area contributed by atoms with Crippen molar-refractivity contribution in [2.45, 2.75) is 0 Å². The third-order valence-electron chi connectivity index (χ3n) is 4.56. The summed E-state index contributed by atoms with van der Waals surface area (Å²) in [6, 6.07) is 11.1. The minimum absolute atomic E-state index is 0.321. The Labute approximate surface area is 164 Å². The summed E-state index contributed by atoms with van der Waals surface area (Å²) in [7, 11) is 3.39. The number of hydrogen-bond acceptors (Lipinski definition) is 4. The molecule has 0 fully saturated rings. The summed E-state index contributed by atoms with van der Waals surface area (Å²) in [6.07, 6.45) is 4.66. The first-order chi connectivity index (χ1) is 13.9. The first kappa shape index (κ1) is 18.4. The Kier molecular flexibility index (Phi) is 4.59. The molecule has 0 aliphatic carbocycles. The van der Waals surface area contributed by atoms with Crippen molar-refractivity contribution < 1.29 is 13.6 Å². The number of benzene rings is 2. The first-order valence-electron chi connectivity index (χ1n) is 8.79. The van der Waals surface area contributed by atoms with E-state index in [2.05, 4.69) is 10.4 Å². The Morgan fingerprint density at radius 2 is 1.93 bits per heavy atom. The van der Waals surface area contributed by atoms with Crippen LogP contribution in [0.15, 0.2) is 63.9 Å². The molecular weight excluding hydrogens is 375 g/mol. The van der Waals surface area contributed by atoms with E-state index in [0.717, 1.165) is 16.8 Å². The Bertz CT molecular complexity index is 1300. The Hall–Kier alpha value is -3.94. The van der Waals surface area contributed by atoms with E-state index in [4.69, 9.17) is 4.42 Å². The molecule has 1 amide bonds. The molecule has 0 unspecified atom stereocenters. The Balaban J connectivity index is 1.55. The van der Waals surface area contributed by atoms with Gasteiger partial charge in [-0.05, 0) is 42.5 Å². The highest BCUT2D eigenvalue weighted by Gasteiger charge is 2.10. The number of rotatable bonds is 4. The third kappa shape index (κ3) is 3.60. The van der Waals surface area contributed by atoms with E-state index < -0.39 is 5.76 Å². The summed E-state index contributed by atoms with van der Waals surface area (Å²) >= 11 is 0. The van der Waals surface area contributed by atoms with Crippen molar-refractivity contribution in [1.29, 1.82) is 0 Å². The quantitative estimate of drug-likeness (QED) is 0.540. The number of carbonyl (C=O) groups is 1. The largest absolute Gasteiger partial charge is 0.419 e. The van der Waals surface area contributed by atoms with Crippen LogP contribution < -0.4 is 11.1 Å². The number of aryl methyl sites for hydroxylation is 2. The molecule has 0 radical (unpaired) electrons. The van der Waals surface area contributed by atoms with Crippen LogP contribution in [0.25, 0.3) is 28.4 Å². The molecule has 4 aromatic rings. The molecule has 0 aliphatic heterocycles. The van der Waals surface area contributed by atoms with Crippen LogP contribution in [0.3, 0.4) is 0 Å². The fourth-order valence-corrected chi connectivity index (χ4v) is 3.10. The zero-order chi connectivity index (χ0) is 20.5. The molecule has 2 aromatic carbocycles. The average molecular weight is 392 g/mol. The van der Waals surface area contributed by atoms with Crippen molar-refractivity contribution in [3.05, 3.63) is 76.7 Å². The van der Waals surface area contributed by atoms with E-state index in [0.29, 0.717) is 16.8 Å². The Morgan fingerprint density at radius 1 is 1.17 bits per heavy atom. The highest BCUT2D eigenvalue weighted by atomic mass is 19.1. The van der Waals surface area contributed by atoms with E-state index in [9.17, 15) is 14.0 Å². The lowest BCUT2D eigenvalue weighted by Crippen LogP contribution is -2.08. The van der Waals surface area contributed by atoms with Crippen LogP contribution in [-0.2, 0) is 18.9 Å². The van der Waals surface area contributed by atoms with Crippen LogP contribution in [0.4, 0.5) is 10.1 Å². The van der Waals surface area contributed by atoms with Gasteiger partial charge in [-0.25, -0.2) is 9.18 Å². The number of aromatic nitrogens is 3. The normalized spacial score (nSPS) is 11.4. The number of fused-ring (bicyclic) bond motifs is 1. The predicted octanol–water partition coefficient (Wildman–Crippen LogP) is 3.32. The van der Waals surface area contributed by atoms with Crippen LogP contribution in [0.1, 0.15) is 5.56 Å². The van der Waals surface area contributed by atoms with Crippen LogP contribution in [0.2, 0.25) is 0 Å². The van der Waals surface area contributed by atoms with Gasteiger partial charge in [-0.15, -0.1) is 0 Å². The summed E-state index contributed by atoms with van der Waals surface area (Å²) < 4.78 is 21.4. The van der Waals surface area contributed by atoms with Gasteiger partial charge in [0, 0.05) is 43.1 Å². The monoisotopic (exact) mass is 392 g/mol. The van der Waals surface area contributed by atoms with Gasteiger partial charge in [0.05, 0.1) is 17.4 Å². The number of nitrogens with zero attached hydrogens (tertiary/aromatic N) is 3. The standard InChI is InChI=1S/C21H17FN4O3/c1-25-17-9-8-16(11-18(17)29-21(25)28)24-19(27)10-5-14-12-23-26(2)20(14)13-3-6-15(22)7-4-13/h3-12H,1-2H3,(H,24,27). The second-order valence-corrected chi connectivity index (χ2v) is 6.51. The maximum absolute atomic E-state index is 13.2. The molecule has 1 N–H and O–H groups in total. The molecule has 4 rings (SSSR count). The van der Waals surface area contributed by atoms with Gasteiger partial charge in [-0.2, -0.15) is 5.10 Å². The van der Waals surface area contributed by atoms with E-state index in [-0.39, 0.29) is 11.7 Å². The zero-order valence-corrected chi connectivity index (χ0v) is 15.7. The van der Waals surface area contributed by atoms with Gasteiger partial charge in [-0.3, -0.25) is 14.0 Å². The number of halogens is 1. The lowest BCUT2D eigenvalue weighted by molar-refractivity contribution is -0.111. The fraction of sp³-hybridized carbons (Fsp3) is 0.0952. The molecule has 0 saturated heterocycles. The second kappa shape index (κ2) is 7.23. The average Bonchev–Trinajstić information content (AvgIpc) is 3.20. The van der Waals surface area contributed by atoms with E-state index in [1.807, 2.05) is 0 Å². The second-order valence-electron chi connectivity index (χ2n) is 6.51. The molecule has 0 spiro atoms. The predicted molar refractivity (Wildman–Crippen MR) is 108 cm³/mol. The summed E-state index contributed by atoms with van der Waals surface area (Å²) in [5, 5.41) is 6.95. The highest BCUT2D eigenvalue weighted by Crippen LogP contribution is 2.24. The number of anilines is 1. The van der Waals surface area contributed by atoms with Crippen LogP contribution in [0.5, 0.6) is 0 Å². The molecule has 2 heterocycles. The summed E-state index contributed by atoms with van der Waals surface area (Å²) in [5.74, 6) is -1.14. The minimum Gasteiger partial charge on any atom is -0.408 e. The number of nitrogens with one attached hydrogen (secondary N) is 1. The van der Waals surface area contributed by atoms with Crippen molar-refractivity contribution in [1.82, 2.24) is 14.3 Å². The first-order valence-corrected chi connectivity index (χ1v) is 8.79. The number of carbonyl (C=O) groups excluding carboxylic acids is 1. The topological polar surface area (TPSA) is 82.1 Å². The molecular formula is C21H17FN4O3. The van der Waals surface area contributed by atoms with Crippen molar-refractivity contribution in [2.24, 2.45) is 14.1 Å². The summed E-state index contributed by atoms with van der Waals surface area (Å²) in [6.45, 7) is 0. The van der Waals surface area contributed by atoms with E-state index in [1.54, 1.807) is 61.4 Å². The smallest absolute Gasteiger partial charge is 0.408 e. The zero-order valence-electron chi connectivity index (χ0n) is 15.7. The van der Waals surface area contributed by atoms with Crippen molar-refractivity contribution >= 4 is 28.8 Å². The molecule has 0 saturated carbocycles. The van der Waals surface area contributed by atoms with Crippen LogP contribution >= 0.6 is 0 Å². The van der Waals surface area contributed by atoms with Gasteiger partial charge in [0.15, 0.2) is 5.58 Å². The number of hydrogen-bond donors (Lipinski definition) is 1. The molecule has 29 heavy (non-hydrogen) atoms. The van der Waals surface area contributed by atoms with Crippen molar-refractivity contribution in [3.63, 3.8) is 0 Å².